The summed E-state index contributed by atoms with van der Waals surface area (Å²) in [6, 6.07) is 4.10. The standard InChI is InChI=1S/C20H29ClN2O4S/c1-4-24-12-22-13(3)10-26-15-8-14(9-15)11-27-17-7-6-16-19(18(17)21)28-20(23-16)25-5-2/h6-7,13-15,22H,4-5,8-12H2,1-3H3/t13-,14-,15+/m0/s1. The molecule has 8 heteroatoms. The maximum atomic E-state index is 6.51. The van der Waals surface area contributed by atoms with E-state index in [1.165, 1.54) is 11.3 Å². The average molecular weight is 429 g/mol. The first kappa shape index (κ1) is 21.6. The quantitative estimate of drug-likeness (QED) is 0.397. The molecule has 1 N–H and O–H groups in total. The first-order chi connectivity index (χ1) is 13.6. The SMILES string of the molecule is CCOCN[C@@H](C)CO[C@H]1C[C@@H](COc2ccc3nc(OCC)sc3c2Cl)C1. The lowest BCUT2D eigenvalue weighted by atomic mass is 9.83. The van der Waals surface area contributed by atoms with E-state index in [1.54, 1.807) is 0 Å². The first-order valence-corrected chi connectivity index (χ1v) is 11.1. The molecule has 2 aromatic rings. The molecule has 0 aliphatic heterocycles. The third-order valence-electron chi connectivity index (χ3n) is 4.70. The zero-order chi connectivity index (χ0) is 19.9. The van der Waals surface area contributed by atoms with Crippen molar-refractivity contribution in [1.29, 1.82) is 0 Å². The normalized spacial score (nSPS) is 20.1. The molecule has 1 saturated carbocycles. The van der Waals surface area contributed by atoms with E-state index in [-0.39, 0.29) is 6.04 Å². The Kier molecular flexibility index (Phi) is 8.17. The average Bonchev–Trinajstić information content (AvgIpc) is 3.06. The van der Waals surface area contributed by atoms with E-state index >= 15 is 0 Å². The van der Waals surface area contributed by atoms with Crippen LogP contribution < -0.4 is 14.8 Å². The molecule has 0 spiro atoms. The van der Waals surface area contributed by atoms with Crippen LogP contribution in [0, 0.1) is 5.92 Å². The van der Waals surface area contributed by atoms with Crippen LogP contribution in [0.1, 0.15) is 33.6 Å². The molecular formula is C20H29ClN2O4S. The maximum Gasteiger partial charge on any atom is 0.274 e. The van der Waals surface area contributed by atoms with Gasteiger partial charge in [0.15, 0.2) is 0 Å². The van der Waals surface area contributed by atoms with Crippen LogP contribution in [-0.4, -0.2) is 50.3 Å². The van der Waals surface area contributed by atoms with E-state index in [0.717, 1.165) is 29.7 Å². The molecule has 0 bridgehead atoms. The van der Waals surface area contributed by atoms with Gasteiger partial charge in [0.25, 0.3) is 5.19 Å². The molecule has 1 aliphatic carbocycles. The third kappa shape index (κ3) is 5.70. The van der Waals surface area contributed by atoms with Gasteiger partial charge < -0.3 is 18.9 Å². The fourth-order valence-electron chi connectivity index (χ4n) is 3.02. The lowest BCUT2D eigenvalue weighted by molar-refractivity contribution is -0.0500. The molecule has 156 valence electrons. The van der Waals surface area contributed by atoms with Gasteiger partial charge in [0, 0.05) is 12.6 Å². The molecule has 1 aliphatic rings. The number of benzene rings is 1. The summed E-state index contributed by atoms with van der Waals surface area (Å²) in [5, 5.41) is 4.53. The van der Waals surface area contributed by atoms with E-state index < -0.39 is 0 Å². The van der Waals surface area contributed by atoms with Crippen LogP contribution in [0.4, 0.5) is 0 Å². The van der Waals surface area contributed by atoms with Crippen LogP contribution in [0.25, 0.3) is 10.2 Å². The zero-order valence-corrected chi connectivity index (χ0v) is 18.3. The van der Waals surface area contributed by atoms with Crippen LogP contribution in [0.5, 0.6) is 10.9 Å². The molecule has 0 saturated heterocycles. The molecule has 1 atom stereocenters. The van der Waals surface area contributed by atoms with E-state index in [2.05, 4.69) is 17.2 Å². The lowest BCUT2D eigenvalue weighted by Crippen LogP contribution is -2.39. The minimum Gasteiger partial charge on any atom is -0.492 e. The largest absolute Gasteiger partial charge is 0.492 e. The Hall–Kier alpha value is -1.12. The zero-order valence-electron chi connectivity index (χ0n) is 16.7. The summed E-state index contributed by atoms with van der Waals surface area (Å²) in [6.45, 7) is 9.26. The van der Waals surface area contributed by atoms with E-state index in [4.69, 9.17) is 30.5 Å². The van der Waals surface area contributed by atoms with Crippen LogP contribution >= 0.6 is 22.9 Å². The summed E-state index contributed by atoms with van der Waals surface area (Å²) in [4.78, 5) is 4.42. The van der Waals surface area contributed by atoms with Gasteiger partial charge in [-0.25, -0.2) is 4.98 Å². The van der Waals surface area contributed by atoms with Crippen molar-refractivity contribution in [3.63, 3.8) is 0 Å². The summed E-state index contributed by atoms with van der Waals surface area (Å²) >= 11 is 7.97. The monoisotopic (exact) mass is 428 g/mol. The molecule has 28 heavy (non-hydrogen) atoms. The maximum absolute atomic E-state index is 6.51. The van der Waals surface area contributed by atoms with Crippen LogP contribution in [-0.2, 0) is 9.47 Å². The second kappa shape index (κ2) is 10.6. The molecule has 6 nitrogen and oxygen atoms in total. The van der Waals surface area contributed by atoms with Gasteiger partial charge in [-0.2, -0.15) is 0 Å². The number of rotatable bonds is 12. The van der Waals surface area contributed by atoms with Crippen molar-refractivity contribution < 1.29 is 18.9 Å². The minimum absolute atomic E-state index is 0.286. The fraction of sp³-hybridized carbons (Fsp3) is 0.650. The van der Waals surface area contributed by atoms with Gasteiger partial charge in [0.05, 0.1) is 42.9 Å². The predicted molar refractivity (Wildman–Crippen MR) is 113 cm³/mol. The predicted octanol–water partition coefficient (Wildman–Crippen LogP) is 4.49. The Morgan fingerprint density at radius 2 is 2.07 bits per heavy atom. The van der Waals surface area contributed by atoms with Gasteiger partial charge in [-0.3, -0.25) is 5.32 Å². The van der Waals surface area contributed by atoms with Crippen molar-refractivity contribution in [2.45, 2.75) is 45.8 Å². The molecule has 0 radical (unpaired) electrons. The van der Waals surface area contributed by atoms with Crippen molar-refractivity contribution in [3.8, 4) is 10.9 Å². The van der Waals surface area contributed by atoms with Gasteiger partial charge in [-0.15, -0.1) is 0 Å². The van der Waals surface area contributed by atoms with Gasteiger partial charge >= 0.3 is 0 Å². The van der Waals surface area contributed by atoms with Gasteiger partial charge in [-0.05, 0) is 51.7 Å². The minimum atomic E-state index is 0.286. The lowest BCUT2D eigenvalue weighted by Gasteiger charge is -2.35. The van der Waals surface area contributed by atoms with Crippen molar-refractivity contribution in [1.82, 2.24) is 10.3 Å². The number of nitrogens with zero attached hydrogens (tertiary/aromatic N) is 1. The smallest absolute Gasteiger partial charge is 0.274 e. The highest BCUT2D eigenvalue weighted by Gasteiger charge is 2.31. The molecule has 1 aromatic carbocycles. The number of thiazole rings is 1. The van der Waals surface area contributed by atoms with E-state index in [0.29, 0.717) is 54.5 Å². The Morgan fingerprint density at radius 1 is 1.25 bits per heavy atom. The second-order valence-electron chi connectivity index (χ2n) is 6.98. The van der Waals surface area contributed by atoms with Crippen molar-refractivity contribution in [3.05, 3.63) is 17.2 Å². The molecular weight excluding hydrogens is 400 g/mol. The van der Waals surface area contributed by atoms with Crippen molar-refractivity contribution in [2.75, 3.05) is 33.2 Å². The summed E-state index contributed by atoms with van der Waals surface area (Å²) in [6.07, 6.45) is 2.36. The topological polar surface area (TPSA) is 61.8 Å². The number of nitrogens with one attached hydrogen (secondary N) is 1. The summed E-state index contributed by atoms with van der Waals surface area (Å²) in [5.74, 6) is 1.21. The fourth-order valence-corrected chi connectivity index (χ4v) is 4.25. The summed E-state index contributed by atoms with van der Waals surface area (Å²) in [5.41, 5.74) is 0.843. The molecule has 1 heterocycles. The van der Waals surface area contributed by atoms with E-state index in [1.807, 2.05) is 26.0 Å². The number of aromatic nitrogens is 1. The molecule has 0 amide bonds. The summed E-state index contributed by atoms with van der Waals surface area (Å²) in [7, 11) is 0. The Labute approximate surface area is 175 Å². The van der Waals surface area contributed by atoms with Crippen LogP contribution in [0.15, 0.2) is 12.1 Å². The van der Waals surface area contributed by atoms with Gasteiger partial charge in [-0.1, -0.05) is 22.9 Å². The number of fused-ring (bicyclic) bond motifs is 1. The van der Waals surface area contributed by atoms with Crippen molar-refractivity contribution in [2.24, 2.45) is 5.92 Å². The Morgan fingerprint density at radius 3 is 2.82 bits per heavy atom. The number of hydrogen-bond acceptors (Lipinski definition) is 7. The molecule has 0 unspecified atom stereocenters. The molecule has 3 rings (SSSR count). The summed E-state index contributed by atoms with van der Waals surface area (Å²) < 4.78 is 23.6. The molecule has 1 aromatic heterocycles. The number of ether oxygens (including phenoxy) is 4. The highest BCUT2D eigenvalue weighted by Crippen LogP contribution is 2.39. The Bertz CT molecular complexity index is 751. The third-order valence-corrected chi connectivity index (χ3v) is 6.19. The van der Waals surface area contributed by atoms with Crippen LogP contribution in [0.3, 0.4) is 0 Å². The Balaban J connectivity index is 1.39. The van der Waals surface area contributed by atoms with Gasteiger partial charge in [0.2, 0.25) is 0 Å². The number of hydrogen-bond donors (Lipinski definition) is 1. The highest BCUT2D eigenvalue weighted by atomic mass is 35.5. The first-order valence-electron chi connectivity index (χ1n) is 9.88. The van der Waals surface area contributed by atoms with Gasteiger partial charge in [0.1, 0.15) is 10.8 Å². The number of halogens is 1. The second-order valence-corrected chi connectivity index (χ2v) is 8.32. The van der Waals surface area contributed by atoms with Crippen LogP contribution in [0.2, 0.25) is 5.02 Å². The molecule has 1 fully saturated rings. The highest BCUT2D eigenvalue weighted by molar-refractivity contribution is 7.20. The van der Waals surface area contributed by atoms with E-state index in [9.17, 15) is 0 Å². The van der Waals surface area contributed by atoms with Crippen molar-refractivity contribution >= 4 is 33.2 Å².